The highest BCUT2D eigenvalue weighted by Gasteiger charge is 2.35. The second-order valence-electron chi connectivity index (χ2n) is 5.94. The molecule has 1 aliphatic heterocycles. The number of carbonyl (C=O) groups is 1. The molecule has 0 radical (unpaired) electrons. The normalized spacial score (nSPS) is 20.2. The number of ether oxygens (including phenoxy) is 1. The molecule has 1 aliphatic rings. The fourth-order valence-corrected chi connectivity index (χ4v) is 3.19. The first-order chi connectivity index (χ1) is 11.6. The van der Waals surface area contributed by atoms with E-state index in [2.05, 4.69) is 0 Å². The lowest BCUT2D eigenvalue weighted by atomic mass is 9.95. The molecule has 3 rings (SSSR count). The summed E-state index contributed by atoms with van der Waals surface area (Å²) in [7, 11) is 0. The molecule has 0 bridgehead atoms. The number of hydrogen-bond donors (Lipinski definition) is 1. The van der Waals surface area contributed by atoms with Gasteiger partial charge in [-0.2, -0.15) is 0 Å². The maximum absolute atomic E-state index is 14.0. The summed E-state index contributed by atoms with van der Waals surface area (Å²) >= 11 is 0. The maximum Gasteiger partial charge on any atom is 0.257 e. The molecule has 2 atom stereocenters. The fourth-order valence-electron chi connectivity index (χ4n) is 3.19. The maximum atomic E-state index is 14.0. The molecule has 0 saturated carbocycles. The molecule has 0 unspecified atom stereocenters. The summed E-state index contributed by atoms with van der Waals surface area (Å²) in [6, 6.07) is 14.2. The number of hydrogen-bond acceptors (Lipinski definition) is 3. The summed E-state index contributed by atoms with van der Waals surface area (Å²) in [5.74, 6) is -0.668. The summed E-state index contributed by atoms with van der Waals surface area (Å²) in [4.78, 5) is 14.5. The summed E-state index contributed by atoms with van der Waals surface area (Å²) in [6.45, 7) is 3.03. The zero-order chi connectivity index (χ0) is 17.1. The van der Waals surface area contributed by atoms with Gasteiger partial charge in [0.25, 0.3) is 5.91 Å². The van der Waals surface area contributed by atoms with Crippen molar-refractivity contribution in [1.29, 1.82) is 0 Å². The molecule has 1 amide bonds. The molecular weight excluding hydrogens is 307 g/mol. The molecular formula is C19H21FN2O2. The van der Waals surface area contributed by atoms with E-state index in [-0.39, 0.29) is 29.2 Å². The first-order valence-electron chi connectivity index (χ1n) is 8.13. The molecule has 2 N–H and O–H groups in total. The Labute approximate surface area is 141 Å². The van der Waals surface area contributed by atoms with Crippen LogP contribution in [-0.4, -0.2) is 36.5 Å². The van der Waals surface area contributed by atoms with Crippen molar-refractivity contribution >= 4 is 5.91 Å². The van der Waals surface area contributed by atoms with Crippen LogP contribution in [0.5, 0.6) is 5.75 Å². The van der Waals surface area contributed by atoms with E-state index < -0.39 is 5.82 Å². The molecule has 2 aromatic rings. The molecule has 0 aliphatic carbocycles. The highest BCUT2D eigenvalue weighted by molar-refractivity contribution is 5.97. The number of rotatable bonds is 4. The Balaban J connectivity index is 1.83. The number of carbonyl (C=O) groups excluding carboxylic acids is 1. The van der Waals surface area contributed by atoms with Gasteiger partial charge in [-0.05, 0) is 24.6 Å². The van der Waals surface area contributed by atoms with Gasteiger partial charge >= 0.3 is 0 Å². The van der Waals surface area contributed by atoms with Gasteiger partial charge in [0.15, 0.2) is 11.6 Å². The molecule has 126 valence electrons. The lowest BCUT2D eigenvalue weighted by molar-refractivity contribution is 0.0784. The van der Waals surface area contributed by atoms with Gasteiger partial charge in [-0.3, -0.25) is 4.79 Å². The second-order valence-corrected chi connectivity index (χ2v) is 5.94. The first-order valence-corrected chi connectivity index (χ1v) is 8.13. The van der Waals surface area contributed by atoms with Crippen molar-refractivity contribution in [1.82, 2.24) is 4.90 Å². The Morgan fingerprint density at radius 1 is 1.21 bits per heavy atom. The third-order valence-corrected chi connectivity index (χ3v) is 4.37. The number of nitrogens with two attached hydrogens (primary N) is 1. The molecule has 1 saturated heterocycles. The number of nitrogens with zero attached hydrogens (tertiary/aromatic N) is 1. The molecule has 0 aromatic heterocycles. The average Bonchev–Trinajstić information content (AvgIpc) is 2.99. The van der Waals surface area contributed by atoms with Crippen LogP contribution in [-0.2, 0) is 0 Å². The minimum atomic E-state index is -0.522. The highest BCUT2D eigenvalue weighted by Crippen LogP contribution is 2.30. The van der Waals surface area contributed by atoms with E-state index in [0.717, 1.165) is 5.56 Å². The van der Waals surface area contributed by atoms with Crippen molar-refractivity contribution in [3.63, 3.8) is 0 Å². The van der Waals surface area contributed by atoms with Crippen LogP contribution in [0.3, 0.4) is 0 Å². The van der Waals surface area contributed by atoms with Crippen molar-refractivity contribution in [3.05, 3.63) is 65.5 Å². The van der Waals surface area contributed by atoms with Gasteiger partial charge in [-0.25, -0.2) is 4.39 Å². The largest absolute Gasteiger partial charge is 0.490 e. The van der Waals surface area contributed by atoms with Gasteiger partial charge in [-0.15, -0.1) is 0 Å². The van der Waals surface area contributed by atoms with Crippen LogP contribution in [0, 0.1) is 5.82 Å². The lowest BCUT2D eigenvalue weighted by Crippen LogP contribution is -2.32. The molecule has 0 spiro atoms. The topological polar surface area (TPSA) is 55.6 Å². The van der Waals surface area contributed by atoms with Crippen LogP contribution in [0.15, 0.2) is 48.5 Å². The van der Waals surface area contributed by atoms with E-state index in [9.17, 15) is 9.18 Å². The van der Waals surface area contributed by atoms with Crippen LogP contribution in [0.4, 0.5) is 4.39 Å². The highest BCUT2D eigenvalue weighted by atomic mass is 19.1. The quantitative estimate of drug-likeness (QED) is 0.939. The van der Waals surface area contributed by atoms with Gasteiger partial charge in [-0.1, -0.05) is 36.4 Å². The van der Waals surface area contributed by atoms with Crippen LogP contribution in [0.25, 0.3) is 0 Å². The molecule has 24 heavy (non-hydrogen) atoms. The van der Waals surface area contributed by atoms with E-state index in [1.165, 1.54) is 12.1 Å². The number of para-hydroxylation sites is 1. The third-order valence-electron chi connectivity index (χ3n) is 4.37. The Kier molecular flexibility index (Phi) is 4.81. The Morgan fingerprint density at radius 3 is 2.67 bits per heavy atom. The van der Waals surface area contributed by atoms with E-state index >= 15 is 0 Å². The second kappa shape index (κ2) is 7.01. The van der Waals surface area contributed by atoms with E-state index in [1.54, 1.807) is 17.9 Å². The van der Waals surface area contributed by atoms with Crippen molar-refractivity contribution < 1.29 is 13.9 Å². The van der Waals surface area contributed by atoms with Crippen LogP contribution in [0.1, 0.15) is 28.8 Å². The van der Waals surface area contributed by atoms with Gasteiger partial charge in [0.05, 0.1) is 12.2 Å². The Hall–Kier alpha value is -2.40. The van der Waals surface area contributed by atoms with E-state index in [1.807, 2.05) is 30.3 Å². The summed E-state index contributed by atoms with van der Waals surface area (Å²) < 4.78 is 19.3. The predicted molar refractivity (Wildman–Crippen MR) is 90.6 cm³/mol. The summed E-state index contributed by atoms with van der Waals surface area (Å²) in [5, 5.41) is 0. The lowest BCUT2D eigenvalue weighted by Gasteiger charge is -2.18. The number of likely N-dealkylation sites (tertiary alicyclic amines) is 1. The van der Waals surface area contributed by atoms with Gasteiger partial charge in [0.2, 0.25) is 0 Å². The Morgan fingerprint density at radius 2 is 1.96 bits per heavy atom. The monoisotopic (exact) mass is 328 g/mol. The molecule has 1 heterocycles. The molecule has 2 aromatic carbocycles. The van der Waals surface area contributed by atoms with Crippen molar-refractivity contribution in [2.45, 2.75) is 18.9 Å². The molecule has 5 heteroatoms. The van der Waals surface area contributed by atoms with Crippen LogP contribution < -0.4 is 10.5 Å². The predicted octanol–water partition coefficient (Wildman–Crippen LogP) is 2.79. The first kappa shape index (κ1) is 16.5. The standard InChI is InChI=1S/C19H21FN2O2/c1-2-24-18-14(9-6-10-16(18)20)19(23)22-11-15(17(21)12-22)13-7-4-3-5-8-13/h3-10,15,17H,2,11-12,21H2,1H3/t15-,17+/m0/s1. The molecule has 4 nitrogen and oxygen atoms in total. The fraction of sp³-hybridized carbons (Fsp3) is 0.316. The molecule has 1 fully saturated rings. The van der Waals surface area contributed by atoms with Crippen LogP contribution >= 0.6 is 0 Å². The van der Waals surface area contributed by atoms with Crippen molar-refractivity contribution in [2.24, 2.45) is 5.73 Å². The minimum absolute atomic E-state index is 0.0155. The summed E-state index contributed by atoms with van der Waals surface area (Å²) in [6.07, 6.45) is 0. The Bertz CT molecular complexity index is 721. The van der Waals surface area contributed by atoms with Crippen molar-refractivity contribution in [2.75, 3.05) is 19.7 Å². The SMILES string of the molecule is CCOc1c(F)cccc1C(=O)N1C[C@@H](N)[C@H](c2ccccc2)C1. The van der Waals surface area contributed by atoms with Crippen molar-refractivity contribution in [3.8, 4) is 5.75 Å². The van der Waals surface area contributed by atoms with Gasteiger partial charge in [0, 0.05) is 25.0 Å². The minimum Gasteiger partial charge on any atom is -0.490 e. The number of benzene rings is 2. The zero-order valence-corrected chi connectivity index (χ0v) is 13.6. The number of halogens is 1. The van der Waals surface area contributed by atoms with E-state index in [0.29, 0.717) is 19.7 Å². The average molecular weight is 328 g/mol. The van der Waals surface area contributed by atoms with Gasteiger partial charge in [0.1, 0.15) is 0 Å². The summed E-state index contributed by atoms with van der Waals surface area (Å²) in [5.41, 5.74) is 7.61. The number of amides is 1. The van der Waals surface area contributed by atoms with Gasteiger partial charge < -0.3 is 15.4 Å². The smallest absolute Gasteiger partial charge is 0.257 e. The zero-order valence-electron chi connectivity index (χ0n) is 13.6. The van der Waals surface area contributed by atoms with Crippen LogP contribution in [0.2, 0.25) is 0 Å². The van der Waals surface area contributed by atoms with E-state index in [4.69, 9.17) is 10.5 Å². The third kappa shape index (κ3) is 3.12.